The molecule has 5 heteroatoms. The van der Waals surface area contributed by atoms with Crippen LogP contribution < -0.4 is 0 Å². The average Bonchev–Trinajstić information content (AvgIpc) is 2.55. The van der Waals surface area contributed by atoms with Crippen molar-refractivity contribution in [2.75, 3.05) is 0 Å². The fourth-order valence-electron chi connectivity index (χ4n) is 1.54. The van der Waals surface area contributed by atoms with Gasteiger partial charge in [-0.25, -0.2) is 9.98 Å². The number of rotatable bonds is 1. The minimum atomic E-state index is -1.59. The van der Waals surface area contributed by atoms with Crippen molar-refractivity contribution in [3.63, 3.8) is 0 Å². The zero-order chi connectivity index (χ0) is 11.0. The topological polar surface area (TPSA) is 70.6 Å². The molecule has 0 bridgehead atoms. The molecule has 1 aliphatic heterocycles. The lowest BCUT2D eigenvalue weighted by Gasteiger charge is -2.06. The summed E-state index contributed by atoms with van der Waals surface area (Å²) >= 11 is 0. The van der Waals surface area contributed by atoms with Crippen LogP contribution in [0.3, 0.4) is 0 Å². The standard InChI is InChI=1S/C10H13N3O2/c1-6-3-4-11-9-8(7(6)2)12-5-13(9)10(14)15/h4-5,10,14-15H,3H2,1-2H3. The summed E-state index contributed by atoms with van der Waals surface area (Å²) in [6.45, 7) is 3.98. The van der Waals surface area contributed by atoms with Crippen molar-refractivity contribution in [2.45, 2.75) is 26.7 Å². The molecule has 1 aromatic heterocycles. The van der Waals surface area contributed by atoms with E-state index in [0.717, 1.165) is 12.0 Å². The lowest BCUT2D eigenvalue weighted by Crippen LogP contribution is -2.04. The molecule has 2 rings (SSSR count). The van der Waals surface area contributed by atoms with Crippen molar-refractivity contribution in [1.29, 1.82) is 0 Å². The van der Waals surface area contributed by atoms with Crippen molar-refractivity contribution < 1.29 is 10.2 Å². The molecule has 15 heavy (non-hydrogen) atoms. The maximum absolute atomic E-state index is 9.10. The van der Waals surface area contributed by atoms with Crippen LogP contribution >= 0.6 is 0 Å². The Hall–Kier alpha value is -1.46. The molecule has 0 saturated heterocycles. The third-order valence-electron chi connectivity index (χ3n) is 2.62. The molecule has 2 N–H and O–H groups in total. The third-order valence-corrected chi connectivity index (χ3v) is 2.62. The van der Waals surface area contributed by atoms with Gasteiger partial charge in [-0.3, -0.25) is 4.57 Å². The van der Waals surface area contributed by atoms with Gasteiger partial charge in [0, 0.05) is 12.6 Å². The Morgan fingerprint density at radius 2 is 2.13 bits per heavy atom. The molecule has 0 atom stereocenters. The van der Waals surface area contributed by atoms with Crippen molar-refractivity contribution in [2.24, 2.45) is 4.99 Å². The number of fused-ring (bicyclic) bond motifs is 1. The molecule has 5 nitrogen and oxygen atoms in total. The Morgan fingerprint density at radius 1 is 1.40 bits per heavy atom. The Balaban J connectivity index is 2.61. The van der Waals surface area contributed by atoms with Crippen molar-refractivity contribution >= 4 is 17.6 Å². The molecule has 1 aliphatic rings. The monoisotopic (exact) mass is 207 g/mol. The number of aromatic nitrogens is 2. The highest BCUT2D eigenvalue weighted by molar-refractivity contribution is 5.80. The van der Waals surface area contributed by atoms with Crippen LogP contribution in [-0.2, 0) is 0 Å². The number of aliphatic hydroxyl groups is 2. The van der Waals surface area contributed by atoms with Crippen LogP contribution in [0.2, 0.25) is 0 Å². The van der Waals surface area contributed by atoms with Crippen LogP contribution in [0.1, 0.15) is 32.4 Å². The first-order valence-electron chi connectivity index (χ1n) is 4.73. The van der Waals surface area contributed by atoms with Crippen LogP contribution in [0.4, 0.5) is 5.82 Å². The SMILES string of the molecule is CC1=C(C)c2ncn(C(O)O)c2N=CC1. The summed E-state index contributed by atoms with van der Waals surface area (Å²) in [7, 11) is 0. The number of aliphatic hydroxyl groups excluding tert-OH is 1. The first-order chi connectivity index (χ1) is 7.11. The second kappa shape index (κ2) is 3.60. The van der Waals surface area contributed by atoms with Gasteiger partial charge >= 0.3 is 0 Å². The molecule has 0 spiro atoms. The van der Waals surface area contributed by atoms with E-state index < -0.39 is 6.41 Å². The summed E-state index contributed by atoms with van der Waals surface area (Å²) in [5, 5.41) is 18.2. The van der Waals surface area contributed by atoms with Gasteiger partial charge in [0.2, 0.25) is 6.41 Å². The van der Waals surface area contributed by atoms with Crippen molar-refractivity contribution in [3.05, 3.63) is 17.6 Å². The first kappa shape index (κ1) is 10.1. The maximum atomic E-state index is 9.10. The number of hydrogen-bond donors (Lipinski definition) is 2. The molecule has 1 aromatic rings. The average molecular weight is 207 g/mol. The van der Waals surface area contributed by atoms with Crippen LogP contribution in [0.15, 0.2) is 16.9 Å². The second-order valence-electron chi connectivity index (χ2n) is 3.59. The van der Waals surface area contributed by atoms with Gasteiger partial charge in [-0.05, 0) is 19.4 Å². The number of hydrogen-bond acceptors (Lipinski definition) is 4. The number of imidazole rings is 1. The summed E-state index contributed by atoms with van der Waals surface area (Å²) in [5.41, 5.74) is 2.95. The van der Waals surface area contributed by atoms with Gasteiger partial charge in [0.25, 0.3) is 0 Å². The maximum Gasteiger partial charge on any atom is 0.241 e. The first-order valence-corrected chi connectivity index (χ1v) is 4.73. The van der Waals surface area contributed by atoms with E-state index in [1.54, 1.807) is 6.21 Å². The van der Waals surface area contributed by atoms with Gasteiger partial charge < -0.3 is 10.2 Å². The van der Waals surface area contributed by atoms with E-state index in [1.807, 2.05) is 13.8 Å². The molecule has 0 fully saturated rings. The highest BCUT2D eigenvalue weighted by Crippen LogP contribution is 2.31. The molecular formula is C10H13N3O2. The van der Waals surface area contributed by atoms with E-state index in [1.165, 1.54) is 16.5 Å². The van der Waals surface area contributed by atoms with Crippen LogP contribution in [-0.4, -0.2) is 26.0 Å². The predicted molar refractivity (Wildman–Crippen MR) is 56.7 cm³/mol. The van der Waals surface area contributed by atoms with Gasteiger partial charge in [-0.2, -0.15) is 0 Å². The Labute approximate surface area is 87.4 Å². The molecule has 0 unspecified atom stereocenters. The van der Waals surface area contributed by atoms with Gasteiger partial charge in [0.1, 0.15) is 12.0 Å². The van der Waals surface area contributed by atoms with E-state index in [-0.39, 0.29) is 0 Å². The third kappa shape index (κ3) is 1.60. The van der Waals surface area contributed by atoms with E-state index in [9.17, 15) is 0 Å². The molecule has 0 amide bonds. The quantitative estimate of drug-likeness (QED) is 0.680. The number of aliphatic imine (C=N–C) groups is 1. The zero-order valence-electron chi connectivity index (χ0n) is 8.68. The number of allylic oxidation sites excluding steroid dienone is 2. The number of nitrogens with zero attached hydrogens (tertiary/aromatic N) is 3. The predicted octanol–water partition coefficient (Wildman–Crippen LogP) is 1.22. The largest absolute Gasteiger partial charge is 0.351 e. The normalized spacial score (nSPS) is 15.8. The highest BCUT2D eigenvalue weighted by Gasteiger charge is 2.17. The zero-order valence-corrected chi connectivity index (χ0v) is 8.68. The van der Waals surface area contributed by atoms with E-state index in [4.69, 9.17) is 10.2 Å². The molecule has 0 aromatic carbocycles. The summed E-state index contributed by atoms with van der Waals surface area (Å²) in [6.07, 6.45) is 2.31. The Morgan fingerprint density at radius 3 is 2.80 bits per heavy atom. The summed E-state index contributed by atoms with van der Waals surface area (Å²) in [6, 6.07) is 0. The smallest absolute Gasteiger partial charge is 0.241 e. The highest BCUT2D eigenvalue weighted by atomic mass is 16.5. The fraction of sp³-hybridized carbons (Fsp3) is 0.400. The molecule has 0 aliphatic carbocycles. The molecule has 2 heterocycles. The van der Waals surface area contributed by atoms with E-state index >= 15 is 0 Å². The Kier molecular flexibility index (Phi) is 2.42. The summed E-state index contributed by atoms with van der Waals surface area (Å²) in [4.78, 5) is 8.32. The van der Waals surface area contributed by atoms with Crippen molar-refractivity contribution in [3.8, 4) is 0 Å². The van der Waals surface area contributed by atoms with Crippen LogP contribution in [0, 0.1) is 0 Å². The van der Waals surface area contributed by atoms with Gasteiger partial charge in [0.15, 0.2) is 5.82 Å². The van der Waals surface area contributed by atoms with E-state index in [2.05, 4.69) is 9.98 Å². The molecule has 0 radical (unpaired) electrons. The molecule has 80 valence electrons. The molecule has 0 saturated carbocycles. The van der Waals surface area contributed by atoms with Gasteiger partial charge in [-0.15, -0.1) is 0 Å². The van der Waals surface area contributed by atoms with Crippen molar-refractivity contribution in [1.82, 2.24) is 9.55 Å². The Bertz CT molecular complexity index is 444. The lowest BCUT2D eigenvalue weighted by molar-refractivity contribution is -0.101. The lowest BCUT2D eigenvalue weighted by atomic mass is 10.1. The summed E-state index contributed by atoms with van der Waals surface area (Å²) < 4.78 is 1.23. The molecular weight excluding hydrogens is 194 g/mol. The minimum Gasteiger partial charge on any atom is -0.351 e. The summed E-state index contributed by atoms with van der Waals surface area (Å²) in [5.74, 6) is 0.499. The van der Waals surface area contributed by atoms with Crippen LogP contribution in [0.25, 0.3) is 5.57 Å². The minimum absolute atomic E-state index is 0.499. The van der Waals surface area contributed by atoms with Gasteiger partial charge in [-0.1, -0.05) is 5.57 Å². The van der Waals surface area contributed by atoms with E-state index in [0.29, 0.717) is 11.5 Å². The second-order valence-corrected chi connectivity index (χ2v) is 3.59. The fourth-order valence-corrected chi connectivity index (χ4v) is 1.54. The van der Waals surface area contributed by atoms with Gasteiger partial charge in [0.05, 0.1) is 0 Å². The van der Waals surface area contributed by atoms with Crippen LogP contribution in [0.5, 0.6) is 0 Å².